The molecule has 0 saturated carbocycles. The summed E-state index contributed by atoms with van der Waals surface area (Å²) in [6.07, 6.45) is 78.5. The number of hydrogen-bond acceptors (Lipinski definition) is 6. The molecule has 0 heterocycles. The third-order valence-corrected chi connectivity index (χ3v) is 11.4. The van der Waals surface area contributed by atoms with Crippen LogP contribution < -0.4 is 0 Å². The van der Waals surface area contributed by atoms with E-state index in [1.54, 1.807) is 0 Å². The molecule has 69 heavy (non-hydrogen) atoms. The van der Waals surface area contributed by atoms with Gasteiger partial charge in [-0.25, -0.2) is 0 Å². The second-order valence-electron chi connectivity index (χ2n) is 18.0. The fourth-order valence-electron chi connectivity index (χ4n) is 7.26. The number of rotatable bonds is 48. The van der Waals surface area contributed by atoms with Crippen LogP contribution in [-0.4, -0.2) is 37.2 Å². The molecule has 1 unspecified atom stereocenters. The van der Waals surface area contributed by atoms with Crippen molar-refractivity contribution in [3.05, 3.63) is 134 Å². The fraction of sp³-hybridized carbons (Fsp3) is 0.603. The summed E-state index contributed by atoms with van der Waals surface area (Å²) in [5.41, 5.74) is 0. The van der Waals surface area contributed by atoms with Gasteiger partial charge >= 0.3 is 17.9 Å². The molecule has 0 N–H and O–H groups in total. The van der Waals surface area contributed by atoms with Gasteiger partial charge in [-0.1, -0.05) is 276 Å². The van der Waals surface area contributed by atoms with Crippen molar-refractivity contribution in [3.63, 3.8) is 0 Å². The van der Waals surface area contributed by atoms with Gasteiger partial charge in [0.25, 0.3) is 0 Å². The number of allylic oxidation sites excluding steroid dienone is 22. The zero-order valence-corrected chi connectivity index (χ0v) is 44.3. The SMILES string of the molecule is CC\C=C/C=C\C=C/C=C\C=C\C=C/C=C\CCCCCC(=O)OCC(COC(=O)CCCCCCCCCCCCCCCC)OC(=O)CCCCCCC\C=C/C=C\C=C/C=C\CCCCC. The lowest BCUT2D eigenvalue weighted by atomic mass is 10.0. The minimum atomic E-state index is -0.814. The third kappa shape index (κ3) is 54.4. The van der Waals surface area contributed by atoms with Crippen LogP contribution in [0.15, 0.2) is 134 Å². The number of hydrogen-bond donors (Lipinski definition) is 0. The van der Waals surface area contributed by atoms with Gasteiger partial charge in [0, 0.05) is 19.3 Å². The summed E-state index contributed by atoms with van der Waals surface area (Å²) >= 11 is 0. The summed E-state index contributed by atoms with van der Waals surface area (Å²) in [7, 11) is 0. The topological polar surface area (TPSA) is 78.9 Å². The molecule has 0 aromatic heterocycles. The molecule has 0 saturated heterocycles. The van der Waals surface area contributed by atoms with Crippen LogP contribution in [0, 0.1) is 0 Å². The van der Waals surface area contributed by atoms with Crippen LogP contribution in [0.5, 0.6) is 0 Å². The van der Waals surface area contributed by atoms with Crippen LogP contribution in [0.25, 0.3) is 0 Å². The van der Waals surface area contributed by atoms with Crippen molar-refractivity contribution in [2.75, 3.05) is 13.2 Å². The van der Waals surface area contributed by atoms with E-state index in [2.05, 4.69) is 81.5 Å². The number of carbonyl (C=O) groups excluding carboxylic acids is 3. The average molecular weight is 953 g/mol. The number of carbonyl (C=O) groups is 3. The van der Waals surface area contributed by atoms with Crippen LogP contribution in [0.1, 0.15) is 226 Å². The molecule has 6 nitrogen and oxygen atoms in total. The van der Waals surface area contributed by atoms with Crippen molar-refractivity contribution in [2.24, 2.45) is 0 Å². The van der Waals surface area contributed by atoms with Crippen molar-refractivity contribution in [3.8, 4) is 0 Å². The van der Waals surface area contributed by atoms with E-state index in [1.807, 2.05) is 72.9 Å². The first-order chi connectivity index (χ1) is 34.0. The third-order valence-electron chi connectivity index (χ3n) is 11.4. The highest BCUT2D eigenvalue weighted by molar-refractivity contribution is 5.71. The lowest BCUT2D eigenvalue weighted by molar-refractivity contribution is -0.167. The first kappa shape index (κ1) is 64.5. The molecule has 0 aliphatic carbocycles. The van der Waals surface area contributed by atoms with Crippen LogP contribution in [0.2, 0.25) is 0 Å². The molecule has 6 heteroatoms. The number of esters is 3. The molecule has 1 atom stereocenters. The maximum atomic E-state index is 12.8. The normalized spacial score (nSPS) is 13.1. The molecular formula is C63H100O6. The first-order valence-corrected chi connectivity index (χ1v) is 27.8. The molecule has 0 radical (unpaired) electrons. The van der Waals surface area contributed by atoms with Gasteiger partial charge in [0.2, 0.25) is 0 Å². The fourth-order valence-corrected chi connectivity index (χ4v) is 7.26. The smallest absolute Gasteiger partial charge is 0.306 e. The summed E-state index contributed by atoms with van der Waals surface area (Å²) in [6.45, 7) is 6.39. The molecule has 0 fully saturated rings. The predicted molar refractivity (Wildman–Crippen MR) is 297 cm³/mol. The zero-order chi connectivity index (χ0) is 50.0. The van der Waals surface area contributed by atoms with Crippen molar-refractivity contribution in [1.82, 2.24) is 0 Å². The molecule has 0 aromatic carbocycles. The van der Waals surface area contributed by atoms with Gasteiger partial charge < -0.3 is 14.2 Å². The second-order valence-corrected chi connectivity index (χ2v) is 18.0. The Kier molecular flexibility index (Phi) is 52.5. The van der Waals surface area contributed by atoms with E-state index in [0.29, 0.717) is 12.8 Å². The van der Waals surface area contributed by atoms with Crippen LogP contribution in [0.3, 0.4) is 0 Å². The molecule has 0 spiro atoms. The highest BCUT2D eigenvalue weighted by Gasteiger charge is 2.19. The highest BCUT2D eigenvalue weighted by Crippen LogP contribution is 2.15. The molecule has 0 bridgehead atoms. The van der Waals surface area contributed by atoms with Crippen LogP contribution in [0.4, 0.5) is 0 Å². The molecule has 0 rings (SSSR count). The van der Waals surface area contributed by atoms with Crippen molar-refractivity contribution in [2.45, 2.75) is 232 Å². The highest BCUT2D eigenvalue weighted by atomic mass is 16.6. The quantitative estimate of drug-likeness (QED) is 0.0262. The van der Waals surface area contributed by atoms with Crippen LogP contribution in [-0.2, 0) is 28.6 Å². The van der Waals surface area contributed by atoms with Crippen LogP contribution >= 0.6 is 0 Å². The maximum absolute atomic E-state index is 12.8. The molecular weight excluding hydrogens is 853 g/mol. The van der Waals surface area contributed by atoms with Gasteiger partial charge in [-0.3, -0.25) is 14.4 Å². The van der Waals surface area contributed by atoms with E-state index in [4.69, 9.17) is 14.2 Å². The Labute approximate surface area is 424 Å². The van der Waals surface area contributed by atoms with Gasteiger partial charge in [0.05, 0.1) is 0 Å². The van der Waals surface area contributed by atoms with E-state index in [0.717, 1.165) is 96.3 Å². The van der Waals surface area contributed by atoms with Crippen molar-refractivity contribution < 1.29 is 28.6 Å². The van der Waals surface area contributed by atoms with E-state index in [-0.39, 0.29) is 37.5 Å². The number of unbranched alkanes of at least 4 members (excludes halogenated alkanes) is 24. The Morgan fingerprint density at radius 3 is 0.928 bits per heavy atom. The largest absolute Gasteiger partial charge is 0.462 e. The van der Waals surface area contributed by atoms with E-state index in [1.165, 1.54) is 89.9 Å². The van der Waals surface area contributed by atoms with Gasteiger partial charge in [-0.2, -0.15) is 0 Å². The molecule has 388 valence electrons. The first-order valence-electron chi connectivity index (χ1n) is 27.8. The molecule has 0 aromatic rings. The summed E-state index contributed by atoms with van der Waals surface area (Å²) in [4.78, 5) is 38.1. The molecule has 0 aliphatic heterocycles. The van der Waals surface area contributed by atoms with Gasteiger partial charge in [0.1, 0.15) is 13.2 Å². The van der Waals surface area contributed by atoms with Crippen molar-refractivity contribution >= 4 is 17.9 Å². The maximum Gasteiger partial charge on any atom is 0.306 e. The summed E-state index contributed by atoms with van der Waals surface area (Å²) in [5.74, 6) is -0.979. The predicted octanol–water partition coefficient (Wildman–Crippen LogP) is 18.6. The monoisotopic (exact) mass is 953 g/mol. The van der Waals surface area contributed by atoms with Gasteiger partial charge in [0.15, 0.2) is 6.10 Å². The van der Waals surface area contributed by atoms with E-state index < -0.39 is 6.10 Å². The Bertz CT molecular complexity index is 1510. The van der Waals surface area contributed by atoms with Gasteiger partial charge in [-0.05, 0) is 64.2 Å². The lowest BCUT2D eigenvalue weighted by Crippen LogP contribution is -2.30. The zero-order valence-electron chi connectivity index (χ0n) is 44.3. The number of ether oxygens (including phenoxy) is 3. The average Bonchev–Trinajstić information content (AvgIpc) is 3.35. The standard InChI is InChI=1S/C63H100O6/c1-4-7-10-13-16-19-22-25-28-30-32-34-35-38-41-44-47-50-53-56-62(65)68-59-60(58-67-61(64)55-52-49-46-43-40-37-27-24-21-18-15-12-9-6-3)69-63(66)57-54-51-48-45-42-39-36-33-31-29-26-23-20-17-14-11-8-5-2/h7,10,13,16-17,19-20,22-23,25-26,28-36,38,41,60H,4-6,8-9,11-12,14-15,18,21,24,27,37,39-40,42-59H2,1-3H3/b10-7-,16-13-,20-17-,22-19-,26-23-,28-25-,31-29-,32-30+,35-34-,36-33-,41-38-. The summed E-state index contributed by atoms with van der Waals surface area (Å²) in [6, 6.07) is 0. The Morgan fingerprint density at radius 1 is 0.304 bits per heavy atom. The Morgan fingerprint density at radius 2 is 0.565 bits per heavy atom. The van der Waals surface area contributed by atoms with E-state index >= 15 is 0 Å². The second kappa shape index (κ2) is 56.1. The van der Waals surface area contributed by atoms with E-state index in [9.17, 15) is 14.4 Å². The summed E-state index contributed by atoms with van der Waals surface area (Å²) < 4.78 is 16.8. The minimum absolute atomic E-state index is 0.106. The lowest BCUT2D eigenvalue weighted by Gasteiger charge is -2.18. The molecule has 0 amide bonds. The Balaban J connectivity index is 4.57. The molecule has 0 aliphatic rings. The van der Waals surface area contributed by atoms with Gasteiger partial charge in [-0.15, -0.1) is 0 Å². The summed E-state index contributed by atoms with van der Waals surface area (Å²) in [5, 5.41) is 0. The minimum Gasteiger partial charge on any atom is -0.462 e. The van der Waals surface area contributed by atoms with Crippen molar-refractivity contribution in [1.29, 1.82) is 0 Å². The Hall–Kier alpha value is -4.45.